The molecule has 6 N–H and O–H groups in total. The lowest BCUT2D eigenvalue weighted by molar-refractivity contribution is 0.0695. The Kier molecular flexibility index (Phi) is 4.85. The number of aliphatic hydroxyl groups excluding tert-OH is 1. The molecule has 0 unspecified atom stereocenters. The van der Waals surface area contributed by atoms with E-state index in [1.807, 2.05) is 4.98 Å². The summed E-state index contributed by atoms with van der Waals surface area (Å²) < 4.78 is 5.22. The van der Waals surface area contributed by atoms with E-state index in [-0.39, 0.29) is 30.1 Å². The summed E-state index contributed by atoms with van der Waals surface area (Å²) in [5, 5.41) is 27.4. The highest BCUT2D eigenvalue weighted by molar-refractivity contribution is 6.07. The van der Waals surface area contributed by atoms with Gasteiger partial charge in [0.15, 0.2) is 0 Å². The summed E-state index contributed by atoms with van der Waals surface area (Å²) in [5.41, 5.74) is 3.11. The Hall–Kier alpha value is -3.33. The zero-order chi connectivity index (χ0) is 17.9. The zero-order valence-corrected chi connectivity index (χ0v) is 12.3. The highest BCUT2D eigenvalue weighted by atomic mass is 16.5. The first-order chi connectivity index (χ1) is 11.4. The highest BCUT2D eigenvalue weighted by Crippen LogP contribution is 2.31. The topological polar surface area (TPSA) is 163 Å². The van der Waals surface area contributed by atoms with Crippen LogP contribution in [0.15, 0.2) is 29.1 Å². The second-order valence-corrected chi connectivity index (χ2v) is 4.70. The molecule has 0 amide bonds. The molecule has 1 aromatic heterocycles. The number of pyridine rings is 1. The van der Waals surface area contributed by atoms with Crippen LogP contribution in [0.3, 0.4) is 0 Å². The van der Waals surface area contributed by atoms with Crippen LogP contribution in [0.1, 0.15) is 20.7 Å². The van der Waals surface area contributed by atoms with Crippen LogP contribution in [-0.2, 0) is 0 Å². The van der Waals surface area contributed by atoms with Gasteiger partial charge in [0.1, 0.15) is 29.3 Å². The van der Waals surface area contributed by atoms with E-state index in [9.17, 15) is 24.6 Å². The minimum atomic E-state index is -1.59. The number of carbonyl (C=O) groups is 2. The molecule has 1 aromatic carbocycles. The lowest BCUT2D eigenvalue weighted by Crippen LogP contribution is -2.24. The number of anilines is 1. The van der Waals surface area contributed by atoms with Crippen LogP contribution in [0.25, 0.3) is 11.1 Å². The average molecular weight is 334 g/mol. The molecule has 126 valence electrons. The van der Waals surface area contributed by atoms with Crippen molar-refractivity contribution >= 4 is 17.8 Å². The van der Waals surface area contributed by atoms with Crippen LogP contribution < -0.4 is 16.0 Å². The van der Waals surface area contributed by atoms with Crippen molar-refractivity contribution in [3.8, 4) is 16.9 Å². The Morgan fingerprint density at radius 3 is 2.42 bits per heavy atom. The van der Waals surface area contributed by atoms with Gasteiger partial charge in [-0.1, -0.05) is 12.1 Å². The molecule has 0 saturated carbocycles. The van der Waals surface area contributed by atoms with Crippen molar-refractivity contribution < 1.29 is 29.6 Å². The number of benzene rings is 1. The molecule has 2 aromatic rings. The van der Waals surface area contributed by atoms with Crippen LogP contribution in [0.2, 0.25) is 0 Å². The number of ether oxygens (including phenoxy) is 1. The number of hydrogen-bond donors (Lipinski definition) is 5. The molecule has 0 atom stereocenters. The van der Waals surface area contributed by atoms with E-state index in [0.29, 0.717) is 0 Å². The van der Waals surface area contributed by atoms with E-state index in [1.54, 1.807) is 0 Å². The fraction of sp³-hybridized carbons (Fsp3) is 0.133. The largest absolute Gasteiger partial charge is 0.491 e. The van der Waals surface area contributed by atoms with Gasteiger partial charge >= 0.3 is 11.9 Å². The summed E-state index contributed by atoms with van der Waals surface area (Å²) in [5.74, 6) is -3.25. The van der Waals surface area contributed by atoms with Gasteiger partial charge in [0.05, 0.1) is 6.61 Å². The lowest BCUT2D eigenvalue weighted by Gasteiger charge is -2.13. The Labute approximate surface area is 134 Å². The van der Waals surface area contributed by atoms with Crippen LogP contribution in [0, 0.1) is 0 Å². The number of aliphatic hydroxyl groups is 1. The van der Waals surface area contributed by atoms with Crippen molar-refractivity contribution in [3.05, 3.63) is 45.7 Å². The van der Waals surface area contributed by atoms with Crippen molar-refractivity contribution in [3.63, 3.8) is 0 Å². The summed E-state index contributed by atoms with van der Waals surface area (Å²) in [6.07, 6.45) is 0. The Balaban J connectivity index is 2.79. The van der Waals surface area contributed by atoms with Gasteiger partial charge in [-0.05, 0) is 17.7 Å². The third-order valence-corrected chi connectivity index (χ3v) is 3.16. The molecule has 1 heterocycles. The maximum absolute atomic E-state index is 11.9. The lowest BCUT2D eigenvalue weighted by atomic mass is 9.95. The van der Waals surface area contributed by atoms with Crippen LogP contribution in [0.5, 0.6) is 5.75 Å². The monoisotopic (exact) mass is 334 g/mol. The van der Waals surface area contributed by atoms with Gasteiger partial charge < -0.3 is 30.8 Å². The molecular weight excluding hydrogens is 320 g/mol. The van der Waals surface area contributed by atoms with E-state index < -0.39 is 34.4 Å². The van der Waals surface area contributed by atoms with Gasteiger partial charge in [-0.15, -0.1) is 0 Å². The Morgan fingerprint density at radius 2 is 1.83 bits per heavy atom. The number of nitrogen functional groups attached to an aromatic ring is 1. The van der Waals surface area contributed by atoms with Gasteiger partial charge in [0, 0.05) is 5.56 Å². The molecule has 24 heavy (non-hydrogen) atoms. The van der Waals surface area contributed by atoms with E-state index in [4.69, 9.17) is 15.6 Å². The predicted octanol–water partition coefficient (Wildman–Crippen LogP) is 0.392. The fourth-order valence-electron chi connectivity index (χ4n) is 2.24. The first kappa shape index (κ1) is 17.0. The van der Waals surface area contributed by atoms with E-state index >= 15 is 0 Å². The summed E-state index contributed by atoms with van der Waals surface area (Å²) in [4.78, 5) is 36.9. The first-order valence-electron chi connectivity index (χ1n) is 6.73. The quantitative estimate of drug-likeness (QED) is 0.506. The molecule has 2 rings (SSSR count). The Bertz CT molecular complexity index is 857. The minimum absolute atomic E-state index is 0.00145. The summed E-state index contributed by atoms with van der Waals surface area (Å²) in [7, 11) is 0. The van der Waals surface area contributed by atoms with Gasteiger partial charge in [-0.25, -0.2) is 9.59 Å². The summed E-state index contributed by atoms with van der Waals surface area (Å²) >= 11 is 0. The number of hydrogen-bond acceptors (Lipinski definition) is 6. The number of aromatic amines is 1. The van der Waals surface area contributed by atoms with E-state index in [0.717, 1.165) is 0 Å². The van der Waals surface area contributed by atoms with Crippen molar-refractivity contribution in [2.75, 3.05) is 18.9 Å². The van der Waals surface area contributed by atoms with Gasteiger partial charge in [-0.3, -0.25) is 4.79 Å². The Morgan fingerprint density at radius 1 is 1.17 bits per heavy atom. The van der Waals surface area contributed by atoms with E-state index in [1.165, 1.54) is 24.3 Å². The molecule has 0 aliphatic heterocycles. The number of nitrogens with two attached hydrogens (primary N) is 1. The summed E-state index contributed by atoms with van der Waals surface area (Å²) in [6.45, 7) is -0.235. The highest BCUT2D eigenvalue weighted by Gasteiger charge is 2.26. The molecular formula is C15H14N2O7. The molecule has 9 heteroatoms. The second-order valence-electron chi connectivity index (χ2n) is 4.70. The number of aromatic nitrogens is 1. The number of aromatic carboxylic acids is 2. The molecule has 0 radical (unpaired) electrons. The van der Waals surface area contributed by atoms with Gasteiger partial charge in [0.2, 0.25) is 0 Å². The minimum Gasteiger partial charge on any atom is -0.491 e. The van der Waals surface area contributed by atoms with Gasteiger partial charge in [-0.2, -0.15) is 0 Å². The smallest absolute Gasteiger partial charge is 0.342 e. The van der Waals surface area contributed by atoms with Crippen LogP contribution in [0.4, 0.5) is 5.82 Å². The zero-order valence-electron chi connectivity index (χ0n) is 12.3. The number of nitrogens with one attached hydrogen (secondary N) is 1. The second kappa shape index (κ2) is 6.84. The molecule has 0 aliphatic carbocycles. The maximum atomic E-state index is 11.9. The maximum Gasteiger partial charge on any atom is 0.342 e. The SMILES string of the molecule is Nc1[nH]c(=O)c(C(=O)O)c(-c2cccc(OCCO)c2)c1C(=O)O. The normalized spacial score (nSPS) is 10.4. The molecule has 0 saturated heterocycles. The number of rotatable bonds is 6. The molecule has 0 bridgehead atoms. The molecule has 0 aliphatic rings. The number of carboxylic acids is 2. The van der Waals surface area contributed by atoms with Crippen molar-refractivity contribution in [1.82, 2.24) is 4.98 Å². The first-order valence-corrected chi connectivity index (χ1v) is 6.73. The van der Waals surface area contributed by atoms with Crippen LogP contribution in [-0.4, -0.2) is 45.5 Å². The third kappa shape index (κ3) is 3.20. The van der Waals surface area contributed by atoms with Crippen molar-refractivity contribution in [2.24, 2.45) is 0 Å². The molecule has 9 nitrogen and oxygen atoms in total. The van der Waals surface area contributed by atoms with Gasteiger partial charge in [0.25, 0.3) is 5.56 Å². The predicted molar refractivity (Wildman–Crippen MR) is 83.4 cm³/mol. The van der Waals surface area contributed by atoms with E-state index in [2.05, 4.69) is 0 Å². The average Bonchev–Trinajstić information content (AvgIpc) is 2.51. The van der Waals surface area contributed by atoms with Crippen molar-refractivity contribution in [2.45, 2.75) is 0 Å². The molecule has 0 spiro atoms. The van der Waals surface area contributed by atoms with Crippen LogP contribution >= 0.6 is 0 Å². The standard InChI is InChI=1S/C15H14N2O7/c16-12-10(14(20)21)9(11(15(22)23)13(19)17-12)7-2-1-3-8(6-7)24-5-4-18/h1-3,6,18H,4-5H2,(H,20,21)(H,22,23)(H3,16,17,19). The molecule has 0 fully saturated rings. The third-order valence-electron chi connectivity index (χ3n) is 3.16. The number of H-pyrrole nitrogens is 1. The number of carboxylic acid groups (broad SMARTS) is 2. The fourth-order valence-corrected chi connectivity index (χ4v) is 2.24. The van der Waals surface area contributed by atoms with Crippen molar-refractivity contribution in [1.29, 1.82) is 0 Å². The summed E-state index contributed by atoms with van der Waals surface area (Å²) in [6, 6.07) is 5.83.